The van der Waals surface area contributed by atoms with Gasteiger partial charge in [0.1, 0.15) is 18.2 Å². The Bertz CT molecular complexity index is 721. The van der Waals surface area contributed by atoms with E-state index < -0.39 is 0 Å². The minimum atomic E-state index is -0.245. The number of anilines is 2. The smallest absolute Gasteiger partial charge is 0.227 e. The topological polar surface area (TPSA) is 65.0 Å². The van der Waals surface area contributed by atoms with Crippen LogP contribution in [0, 0.1) is 0 Å². The number of aliphatic hydroxyl groups is 1. The molecule has 4 rings (SSSR count). The Morgan fingerprint density at radius 3 is 2.56 bits per heavy atom. The van der Waals surface area contributed by atoms with Crippen molar-refractivity contribution in [1.82, 2.24) is 14.9 Å². The summed E-state index contributed by atoms with van der Waals surface area (Å²) in [5.74, 6) is 2.62. The molecule has 2 aliphatic rings. The molecule has 0 spiro atoms. The minimum Gasteiger partial charge on any atom is -0.492 e. The molecule has 0 saturated carbocycles. The second kappa shape index (κ2) is 8.54. The van der Waals surface area contributed by atoms with E-state index >= 15 is 0 Å². The summed E-state index contributed by atoms with van der Waals surface area (Å²) >= 11 is 0. The molecular formula is C20H27N5O2. The van der Waals surface area contributed by atoms with Crippen LogP contribution >= 0.6 is 0 Å². The Hall–Kier alpha value is -2.38. The van der Waals surface area contributed by atoms with Gasteiger partial charge in [-0.3, -0.25) is 4.90 Å². The fraction of sp³-hybridized carbons (Fsp3) is 0.500. The molecule has 2 saturated heterocycles. The minimum absolute atomic E-state index is 0.245. The van der Waals surface area contributed by atoms with E-state index in [0.29, 0.717) is 13.2 Å². The van der Waals surface area contributed by atoms with Crippen molar-refractivity contribution < 1.29 is 9.84 Å². The van der Waals surface area contributed by atoms with E-state index in [2.05, 4.69) is 19.7 Å². The molecule has 2 fully saturated rings. The number of para-hydroxylation sites is 1. The largest absolute Gasteiger partial charge is 0.492 e. The number of β-amino-alcohol motifs (C(OH)–C–C–N with tert-alkyl or cyclic N) is 1. The number of piperazine rings is 1. The molecule has 1 N–H and O–H groups in total. The third-order valence-electron chi connectivity index (χ3n) is 5.19. The predicted octanol–water partition coefficient (Wildman–Crippen LogP) is 1.25. The van der Waals surface area contributed by atoms with Crippen LogP contribution in [-0.2, 0) is 0 Å². The second-order valence-electron chi connectivity index (χ2n) is 7.09. The summed E-state index contributed by atoms with van der Waals surface area (Å²) in [6.07, 6.45) is 2.39. The first-order chi connectivity index (χ1) is 13.3. The van der Waals surface area contributed by atoms with Gasteiger partial charge in [-0.2, -0.15) is 4.98 Å². The van der Waals surface area contributed by atoms with E-state index in [1.54, 1.807) is 0 Å². The molecule has 3 heterocycles. The van der Waals surface area contributed by atoms with Gasteiger partial charge in [0.05, 0.1) is 6.10 Å². The highest BCUT2D eigenvalue weighted by atomic mass is 16.5. The summed E-state index contributed by atoms with van der Waals surface area (Å²) in [7, 11) is 0. The summed E-state index contributed by atoms with van der Waals surface area (Å²) in [5, 5.41) is 9.74. The molecule has 0 bridgehead atoms. The Labute approximate surface area is 160 Å². The predicted molar refractivity (Wildman–Crippen MR) is 105 cm³/mol. The number of rotatable bonds is 6. The van der Waals surface area contributed by atoms with Crippen LogP contribution in [0.2, 0.25) is 0 Å². The van der Waals surface area contributed by atoms with E-state index in [0.717, 1.165) is 63.2 Å². The van der Waals surface area contributed by atoms with E-state index in [1.807, 2.05) is 42.6 Å². The number of nitrogens with zero attached hydrogens (tertiary/aromatic N) is 5. The molecule has 1 aromatic heterocycles. The van der Waals surface area contributed by atoms with Gasteiger partial charge in [-0.15, -0.1) is 0 Å². The number of aliphatic hydroxyl groups excluding tert-OH is 1. The number of ether oxygens (including phenoxy) is 1. The maximum absolute atomic E-state index is 9.74. The molecule has 144 valence electrons. The fourth-order valence-corrected chi connectivity index (χ4v) is 3.60. The SMILES string of the molecule is OC1CCN(c2ccnc(N3CCN(CCOc4ccccc4)CC3)n2)C1. The molecule has 7 nitrogen and oxygen atoms in total. The highest BCUT2D eigenvalue weighted by Gasteiger charge is 2.23. The molecule has 2 aliphatic heterocycles. The van der Waals surface area contributed by atoms with Crippen LogP contribution in [0.4, 0.5) is 11.8 Å². The van der Waals surface area contributed by atoms with E-state index in [9.17, 15) is 5.11 Å². The lowest BCUT2D eigenvalue weighted by Crippen LogP contribution is -2.48. The van der Waals surface area contributed by atoms with Gasteiger partial charge < -0.3 is 19.6 Å². The van der Waals surface area contributed by atoms with Crippen molar-refractivity contribution >= 4 is 11.8 Å². The maximum Gasteiger partial charge on any atom is 0.227 e. The molecule has 7 heteroatoms. The summed E-state index contributed by atoms with van der Waals surface area (Å²) < 4.78 is 5.80. The summed E-state index contributed by atoms with van der Waals surface area (Å²) in [5.41, 5.74) is 0. The van der Waals surface area contributed by atoms with Crippen molar-refractivity contribution in [2.45, 2.75) is 12.5 Å². The van der Waals surface area contributed by atoms with Crippen LogP contribution in [0.5, 0.6) is 5.75 Å². The standard InChI is InChI=1S/C20H27N5O2/c26-17-7-9-25(16-17)19-6-8-21-20(22-19)24-12-10-23(11-13-24)14-15-27-18-4-2-1-3-5-18/h1-6,8,17,26H,7,9-16H2. The van der Waals surface area contributed by atoms with Crippen LogP contribution in [-0.4, -0.2) is 78.5 Å². The normalized spacial score (nSPS) is 20.9. The summed E-state index contributed by atoms with van der Waals surface area (Å²) in [6.45, 7) is 6.93. The van der Waals surface area contributed by atoms with Crippen LogP contribution < -0.4 is 14.5 Å². The Kier molecular flexibility index (Phi) is 5.69. The quantitative estimate of drug-likeness (QED) is 0.822. The van der Waals surface area contributed by atoms with Crippen molar-refractivity contribution in [3.63, 3.8) is 0 Å². The van der Waals surface area contributed by atoms with Crippen molar-refractivity contribution in [2.75, 3.05) is 62.2 Å². The summed E-state index contributed by atoms with van der Waals surface area (Å²) in [4.78, 5) is 16.0. The van der Waals surface area contributed by atoms with Crippen molar-refractivity contribution in [2.24, 2.45) is 0 Å². The van der Waals surface area contributed by atoms with Gasteiger partial charge >= 0.3 is 0 Å². The van der Waals surface area contributed by atoms with E-state index in [-0.39, 0.29) is 6.10 Å². The average molecular weight is 369 g/mol. The molecule has 1 unspecified atom stereocenters. The lowest BCUT2D eigenvalue weighted by atomic mass is 10.3. The lowest BCUT2D eigenvalue weighted by molar-refractivity contribution is 0.198. The van der Waals surface area contributed by atoms with E-state index in [4.69, 9.17) is 9.72 Å². The Morgan fingerprint density at radius 1 is 1.00 bits per heavy atom. The molecule has 1 atom stereocenters. The highest BCUT2D eigenvalue weighted by Crippen LogP contribution is 2.20. The van der Waals surface area contributed by atoms with Gasteiger partial charge in [-0.25, -0.2) is 4.98 Å². The van der Waals surface area contributed by atoms with Crippen LogP contribution in [0.25, 0.3) is 0 Å². The molecule has 1 aromatic carbocycles. The van der Waals surface area contributed by atoms with Gasteiger partial charge in [0.15, 0.2) is 0 Å². The molecule has 2 aromatic rings. The molecular weight excluding hydrogens is 342 g/mol. The second-order valence-corrected chi connectivity index (χ2v) is 7.09. The number of aromatic nitrogens is 2. The average Bonchev–Trinajstić information content (AvgIpc) is 3.16. The first kappa shape index (κ1) is 18.0. The number of hydrogen-bond acceptors (Lipinski definition) is 7. The lowest BCUT2D eigenvalue weighted by Gasteiger charge is -2.34. The Morgan fingerprint density at radius 2 is 1.81 bits per heavy atom. The van der Waals surface area contributed by atoms with Gasteiger partial charge in [-0.05, 0) is 24.6 Å². The van der Waals surface area contributed by atoms with Crippen LogP contribution in [0.3, 0.4) is 0 Å². The van der Waals surface area contributed by atoms with Crippen molar-refractivity contribution in [3.8, 4) is 5.75 Å². The first-order valence-corrected chi connectivity index (χ1v) is 9.69. The van der Waals surface area contributed by atoms with Gasteiger partial charge in [-0.1, -0.05) is 18.2 Å². The zero-order valence-electron chi connectivity index (χ0n) is 15.6. The Balaban J connectivity index is 1.25. The third-order valence-corrected chi connectivity index (χ3v) is 5.19. The van der Waals surface area contributed by atoms with Crippen molar-refractivity contribution in [1.29, 1.82) is 0 Å². The molecule has 0 amide bonds. The number of benzene rings is 1. The fourth-order valence-electron chi connectivity index (χ4n) is 3.60. The molecule has 0 aliphatic carbocycles. The van der Waals surface area contributed by atoms with Gasteiger partial charge in [0.25, 0.3) is 0 Å². The summed E-state index contributed by atoms with van der Waals surface area (Å²) in [6, 6.07) is 11.9. The molecule has 0 radical (unpaired) electrons. The van der Waals surface area contributed by atoms with Crippen LogP contribution in [0.15, 0.2) is 42.6 Å². The van der Waals surface area contributed by atoms with Gasteiger partial charge in [0.2, 0.25) is 5.95 Å². The zero-order valence-corrected chi connectivity index (χ0v) is 15.6. The highest BCUT2D eigenvalue weighted by molar-refractivity contribution is 5.45. The third kappa shape index (κ3) is 4.67. The van der Waals surface area contributed by atoms with Crippen LogP contribution in [0.1, 0.15) is 6.42 Å². The molecule has 27 heavy (non-hydrogen) atoms. The first-order valence-electron chi connectivity index (χ1n) is 9.69. The number of hydrogen-bond donors (Lipinski definition) is 1. The van der Waals surface area contributed by atoms with Gasteiger partial charge in [0, 0.05) is 52.0 Å². The maximum atomic E-state index is 9.74. The monoisotopic (exact) mass is 369 g/mol. The van der Waals surface area contributed by atoms with E-state index in [1.165, 1.54) is 0 Å². The van der Waals surface area contributed by atoms with Crippen molar-refractivity contribution in [3.05, 3.63) is 42.6 Å². The zero-order chi connectivity index (χ0) is 18.5.